The molecule has 0 bridgehead atoms. The molecule has 1 aliphatic heterocycles. The van der Waals surface area contributed by atoms with Crippen LogP contribution in [0, 0.1) is 0 Å². The fourth-order valence-electron chi connectivity index (χ4n) is 2.91. The molecule has 1 fully saturated rings. The van der Waals surface area contributed by atoms with Gasteiger partial charge >= 0.3 is 0 Å². The maximum atomic E-state index is 5.93. The predicted octanol–water partition coefficient (Wildman–Crippen LogP) is 4.12. The SMILES string of the molecule is Clc1cncc(N2CCC(c3nc4ccccc4s3)CC2)n1. The van der Waals surface area contributed by atoms with Crippen LogP contribution in [0.3, 0.4) is 0 Å². The molecular weight excluding hydrogens is 316 g/mol. The Morgan fingerprint density at radius 2 is 1.91 bits per heavy atom. The molecule has 2 aromatic heterocycles. The van der Waals surface area contributed by atoms with Gasteiger partial charge in [-0.05, 0) is 25.0 Å². The van der Waals surface area contributed by atoms with E-state index in [1.807, 2.05) is 17.4 Å². The standard InChI is InChI=1S/C16H15ClN4S/c17-14-9-18-10-15(20-14)21-7-5-11(6-8-21)16-19-12-3-1-2-4-13(12)22-16/h1-4,9-11H,5-8H2. The first-order valence-electron chi connectivity index (χ1n) is 7.37. The molecule has 3 heterocycles. The quantitative estimate of drug-likeness (QED) is 0.708. The van der Waals surface area contributed by atoms with Crippen molar-refractivity contribution >= 4 is 39.0 Å². The summed E-state index contributed by atoms with van der Waals surface area (Å²) in [7, 11) is 0. The number of rotatable bonds is 2. The van der Waals surface area contributed by atoms with E-state index in [1.54, 1.807) is 12.4 Å². The van der Waals surface area contributed by atoms with Crippen LogP contribution in [0.1, 0.15) is 23.8 Å². The summed E-state index contributed by atoms with van der Waals surface area (Å²) >= 11 is 7.75. The van der Waals surface area contributed by atoms with E-state index in [-0.39, 0.29) is 0 Å². The Morgan fingerprint density at radius 3 is 2.68 bits per heavy atom. The third-order valence-electron chi connectivity index (χ3n) is 4.07. The van der Waals surface area contributed by atoms with Crippen molar-refractivity contribution < 1.29 is 0 Å². The van der Waals surface area contributed by atoms with Crippen molar-refractivity contribution in [1.29, 1.82) is 0 Å². The topological polar surface area (TPSA) is 41.9 Å². The van der Waals surface area contributed by atoms with Crippen LogP contribution in [-0.4, -0.2) is 28.0 Å². The Labute approximate surface area is 137 Å². The van der Waals surface area contributed by atoms with Gasteiger partial charge in [-0.2, -0.15) is 0 Å². The fraction of sp³-hybridized carbons (Fsp3) is 0.312. The van der Waals surface area contributed by atoms with E-state index in [0.29, 0.717) is 11.1 Å². The Kier molecular flexibility index (Phi) is 3.68. The Hall–Kier alpha value is -1.72. The highest BCUT2D eigenvalue weighted by Gasteiger charge is 2.24. The molecule has 0 unspecified atom stereocenters. The maximum absolute atomic E-state index is 5.93. The fourth-order valence-corrected chi connectivity index (χ4v) is 4.18. The third-order valence-corrected chi connectivity index (χ3v) is 5.45. The molecule has 0 saturated carbocycles. The van der Waals surface area contributed by atoms with Gasteiger partial charge in [0.1, 0.15) is 11.0 Å². The normalized spacial score (nSPS) is 16.3. The zero-order chi connectivity index (χ0) is 14.9. The van der Waals surface area contributed by atoms with Crippen molar-refractivity contribution in [2.75, 3.05) is 18.0 Å². The first-order valence-corrected chi connectivity index (χ1v) is 8.57. The van der Waals surface area contributed by atoms with E-state index in [9.17, 15) is 0 Å². The van der Waals surface area contributed by atoms with Gasteiger partial charge < -0.3 is 4.90 Å². The summed E-state index contributed by atoms with van der Waals surface area (Å²) in [6.45, 7) is 1.94. The van der Waals surface area contributed by atoms with Gasteiger partial charge in [-0.25, -0.2) is 9.97 Å². The minimum Gasteiger partial charge on any atom is -0.355 e. The van der Waals surface area contributed by atoms with Gasteiger partial charge in [-0.1, -0.05) is 23.7 Å². The largest absolute Gasteiger partial charge is 0.355 e. The van der Waals surface area contributed by atoms with Crippen LogP contribution in [0.25, 0.3) is 10.2 Å². The summed E-state index contributed by atoms with van der Waals surface area (Å²) in [6, 6.07) is 8.36. The van der Waals surface area contributed by atoms with Crippen molar-refractivity contribution in [3.63, 3.8) is 0 Å². The molecule has 0 spiro atoms. The van der Waals surface area contributed by atoms with E-state index in [0.717, 1.165) is 37.3 Å². The van der Waals surface area contributed by atoms with Crippen molar-refractivity contribution in [2.45, 2.75) is 18.8 Å². The zero-order valence-electron chi connectivity index (χ0n) is 11.9. The van der Waals surface area contributed by atoms with Gasteiger partial charge in [0.15, 0.2) is 0 Å². The first kappa shape index (κ1) is 13.9. The monoisotopic (exact) mass is 330 g/mol. The van der Waals surface area contributed by atoms with Gasteiger partial charge in [-0.15, -0.1) is 11.3 Å². The van der Waals surface area contributed by atoms with Gasteiger partial charge in [0, 0.05) is 19.0 Å². The van der Waals surface area contributed by atoms with Crippen molar-refractivity contribution in [3.8, 4) is 0 Å². The van der Waals surface area contributed by atoms with Crippen LogP contribution in [-0.2, 0) is 0 Å². The Balaban J connectivity index is 1.49. The number of para-hydroxylation sites is 1. The van der Waals surface area contributed by atoms with Crippen LogP contribution in [0.15, 0.2) is 36.7 Å². The lowest BCUT2D eigenvalue weighted by molar-refractivity contribution is 0.501. The molecule has 0 radical (unpaired) electrons. The molecule has 22 heavy (non-hydrogen) atoms. The van der Waals surface area contributed by atoms with E-state index < -0.39 is 0 Å². The molecule has 1 aromatic carbocycles. The summed E-state index contributed by atoms with van der Waals surface area (Å²) < 4.78 is 1.28. The van der Waals surface area contributed by atoms with Crippen LogP contribution in [0.4, 0.5) is 5.82 Å². The second-order valence-electron chi connectivity index (χ2n) is 5.48. The lowest BCUT2D eigenvalue weighted by Crippen LogP contribution is -2.33. The van der Waals surface area contributed by atoms with Gasteiger partial charge in [-0.3, -0.25) is 4.98 Å². The van der Waals surface area contributed by atoms with Crippen LogP contribution < -0.4 is 4.90 Å². The summed E-state index contributed by atoms with van der Waals surface area (Å²) in [5.41, 5.74) is 1.12. The van der Waals surface area contributed by atoms with Crippen molar-refractivity contribution in [2.24, 2.45) is 0 Å². The number of hydrogen-bond acceptors (Lipinski definition) is 5. The van der Waals surface area contributed by atoms with Gasteiger partial charge in [0.2, 0.25) is 0 Å². The molecule has 6 heteroatoms. The van der Waals surface area contributed by atoms with Gasteiger partial charge in [0.05, 0.1) is 27.6 Å². The average Bonchev–Trinajstić information content (AvgIpc) is 2.99. The molecule has 1 saturated heterocycles. The molecule has 0 atom stereocenters. The molecule has 112 valence electrons. The number of halogens is 1. The smallest absolute Gasteiger partial charge is 0.149 e. The summed E-state index contributed by atoms with van der Waals surface area (Å²) in [5, 5.41) is 1.71. The minimum absolute atomic E-state index is 0.450. The number of hydrogen-bond donors (Lipinski definition) is 0. The van der Waals surface area contributed by atoms with Gasteiger partial charge in [0.25, 0.3) is 0 Å². The second kappa shape index (κ2) is 5.82. The third kappa shape index (κ3) is 2.66. The summed E-state index contributed by atoms with van der Waals surface area (Å²) in [4.78, 5) is 15.5. The number of benzene rings is 1. The van der Waals surface area contributed by atoms with Crippen molar-refractivity contribution in [1.82, 2.24) is 15.0 Å². The highest BCUT2D eigenvalue weighted by Crippen LogP contribution is 2.34. The number of aromatic nitrogens is 3. The molecule has 0 amide bonds. The maximum Gasteiger partial charge on any atom is 0.149 e. The summed E-state index contributed by atoms with van der Waals surface area (Å²) in [5.74, 6) is 1.41. The summed E-state index contributed by atoms with van der Waals surface area (Å²) in [6.07, 6.45) is 5.53. The molecule has 3 aromatic rings. The Morgan fingerprint density at radius 1 is 1.09 bits per heavy atom. The average molecular weight is 331 g/mol. The second-order valence-corrected chi connectivity index (χ2v) is 6.93. The van der Waals surface area contributed by atoms with E-state index >= 15 is 0 Å². The highest BCUT2D eigenvalue weighted by atomic mass is 35.5. The van der Waals surface area contributed by atoms with Crippen LogP contribution in [0.5, 0.6) is 0 Å². The zero-order valence-corrected chi connectivity index (χ0v) is 13.5. The number of anilines is 1. The Bertz CT molecular complexity index is 762. The molecule has 0 N–H and O–H groups in total. The van der Waals surface area contributed by atoms with E-state index in [1.165, 1.54) is 9.71 Å². The van der Waals surface area contributed by atoms with Crippen LogP contribution >= 0.6 is 22.9 Å². The van der Waals surface area contributed by atoms with E-state index in [4.69, 9.17) is 16.6 Å². The highest BCUT2D eigenvalue weighted by molar-refractivity contribution is 7.18. The minimum atomic E-state index is 0.450. The number of fused-ring (bicyclic) bond motifs is 1. The molecule has 4 rings (SSSR count). The molecular formula is C16H15ClN4S. The van der Waals surface area contributed by atoms with Crippen molar-refractivity contribution in [3.05, 3.63) is 46.8 Å². The number of nitrogens with zero attached hydrogens (tertiary/aromatic N) is 4. The molecule has 0 aliphatic carbocycles. The number of thiazole rings is 1. The van der Waals surface area contributed by atoms with E-state index in [2.05, 4.69) is 33.1 Å². The van der Waals surface area contributed by atoms with Crippen LogP contribution in [0.2, 0.25) is 5.15 Å². The number of piperidine rings is 1. The predicted molar refractivity (Wildman–Crippen MR) is 90.9 cm³/mol. The lowest BCUT2D eigenvalue weighted by atomic mass is 9.97. The lowest BCUT2D eigenvalue weighted by Gasteiger charge is -2.31. The molecule has 1 aliphatic rings. The first-order chi connectivity index (χ1) is 10.8. The molecule has 4 nitrogen and oxygen atoms in total.